The smallest absolute Gasteiger partial charge is 0.263 e. The van der Waals surface area contributed by atoms with Crippen molar-refractivity contribution in [1.82, 2.24) is 0 Å². The molecular formula is C23H17N3O5S2. The Kier molecular flexibility index (Phi) is 4.84. The van der Waals surface area contributed by atoms with E-state index in [1.165, 1.54) is 18.2 Å². The van der Waals surface area contributed by atoms with Crippen molar-refractivity contribution < 1.29 is 21.6 Å². The predicted molar refractivity (Wildman–Crippen MR) is 126 cm³/mol. The van der Waals surface area contributed by atoms with Gasteiger partial charge in [-0.1, -0.05) is 48.5 Å². The number of rotatable bonds is 6. The molecule has 0 atom stereocenters. The summed E-state index contributed by atoms with van der Waals surface area (Å²) in [7, 11) is -8.74. The number of hydrogen-bond acceptors (Lipinski definition) is 5. The van der Waals surface area contributed by atoms with Crippen LogP contribution in [0.2, 0.25) is 0 Å². The lowest BCUT2D eigenvalue weighted by Gasteiger charge is -2.17. The van der Waals surface area contributed by atoms with Crippen LogP contribution in [0.15, 0.2) is 94.7 Å². The lowest BCUT2D eigenvalue weighted by molar-refractivity contribution is 0.103. The van der Waals surface area contributed by atoms with Crippen LogP contribution in [0.25, 0.3) is 10.8 Å². The fourth-order valence-electron chi connectivity index (χ4n) is 3.82. The highest BCUT2D eigenvalue weighted by molar-refractivity contribution is 7.96. The van der Waals surface area contributed by atoms with Crippen LogP contribution in [0.5, 0.6) is 0 Å². The normalized spacial score (nSPS) is 13.0. The second-order valence-corrected chi connectivity index (χ2v) is 10.6. The average molecular weight is 480 g/mol. The maximum Gasteiger partial charge on any atom is 0.263 e. The Balaban J connectivity index is 1.78. The lowest BCUT2D eigenvalue weighted by atomic mass is 10.1. The molecule has 0 aromatic heterocycles. The van der Waals surface area contributed by atoms with E-state index in [1.807, 2.05) is 0 Å². The number of hydrogen-bond donors (Lipinski definition) is 3. The van der Waals surface area contributed by atoms with Gasteiger partial charge >= 0.3 is 0 Å². The number of amides is 1. The molecule has 0 radical (unpaired) electrons. The molecule has 0 unspecified atom stereocenters. The highest BCUT2D eigenvalue weighted by Crippen LogP contribution is 2.41. The number of carbonyl (C=O) groups excluding carboxylic acids is 1. The molecule has 8 nitrogen and oxygen atoms in total. The fourth-order valence-corrected chi connectivity index (χ4v) is 6.99. The predicted octanol–water partition coefficient (Wildman–Crippen LogP) is 4.01. The summed E-state index contributed by atoms with van der Waals surface area (Å²) in [6.45, 7) is 0. The van der Waals surface area contributed by atoms with Crippen molar-refractivity contribution in [2.45, 2.75) is 9.79 Å². The van der Waals surface area contributed by atoms with Gasteiger partial charge < -0.3 is 5.32 Å². The number of para-hydroxylation sites is 2. The Hall–Kier alpha value is -3.89. The van der Waals surface area contributed by atoms with Gasteiger partial charge in [-0.3, -0.25) is 14.2 Å². The number of nitrogens with one attached hydrogen (secondary N) is 3. The van der Waals surface area contributed by atoms with Crippen LogP contribution >= 0.6 is 0 Å². The molecule has 0 saturated heterocycles. The molecule has 33 heavy (non-hydrogen) atoms. The van der Waals surface area contributed by atoms with Gasteiger partial charge in [0.05, 0.1) is 5.69 Å². The average Bonchev–Trinajstić information content (AvgIpc) is 3.11. The van der Waals surface area contributed by atoms with E-state index in [0.29, 0.717) is 5.39 Å². The van der Waals surface area contributed by atoms with E-state index in [-0.39, 0.29) is 28.0 Å². The highest BCUT2D eigenvalue weighted by Gasteiger charge is 2.34. The van der Waals surface area contributed by atoms with Crippen molar-refractivity contribution in [3.63, 3.8) is 0 Å². The van der Waals surface area contributed by atoms with Crippen LogP contribution in [0, 0.1) is 0 Å². The summed E-state index contributed by atoms with van der Waals surface area (Å²) in [5.41, 5.74) is 1.05. The van der Waals surface area contributed by atoms with Gasteiger partial charge in [-0.05, 0) is 36.4 Å². The van der Waals surface area contributed by atoms with E-state index in [2.05, 4.69) is 14.8 Å². The first kappa shape index (κ1) is 21.0. The first-order chi connectivity index (χ1) is 15.8. The van der Waals surface area contributed by atoms with E-state index in [1.54, 1.807) is 66.7 Å². The van der Waals surface area contributed by atoms with Crippen molar-refractivity contribution in [1.29, 1.82) is 0 Å². The van der Waals surface area contributed by atoms with Crippen LogP contribution in [0.1, 0.15) is 10.4 Å². The molecule has 4 aromatic rings. The van der Waals surface area contributed by atoms with Crippen LogP contribution in [0.4, 0.5) is 17.1 Å². The van der Waals surface area contributed by atoms with Gasteiger partial charge in [0.2, 0.25) is 0 Å². The Bertz CT molecular complexity index is 1620. The third kappa shape index (κ3) is 3.69. The quantitative estimate of drug-likeness (QED) is 0.386. The highest BCUT2D eigenvalue weighted by atomic mass is 32.2. The molecule has 10 heteroatoms. The zero-order chi connectivity index (χ0) is 23.2. The topological polar surface area (TPSA) is 121 Å². The minimum Gasteiger partial charge on any atom is -0.321 e. The molecule has 166 valence electrons. The van der Waals surface area contributed by atoms with Crippen molar-refractivity contribution in [3.05, 3.63) is 90.5 Å². The van der Waals surface area contributed by atoms with Gasteiger partial charge in [0.15, 0.2) is 0 Å². The number of benzene rings is 4. The fraction of sp³-hybridized carbons (Fsp3) is 0. The molecule has 1 aliphatic heterocycles. The van der Waals surface area contributed by atoms with Crippen molar-refractivity contribution in [3.8, 4) is 0 Å². The minimum absolute atomic E-state index is 0.125. The van der Waals surface area contributed by atoms with Crippen molar-refractivity contribution in [2.75, 3.05) is 14.8 Å². The van der Waals surface area contributed by atoms with Gasteiger partial charge in [0.25, 0.3) is 26.0 Å². The van der Waals surface area contributed by atoms with Crippen LogP contribution in [-0.2, 0) is 20.0 Å². The molecular weight excluding hydrogens is 462 g/mol. The molecule has 0 fully saturated rings. The number of sulfonamides is 2. The Morgan fingerprint density at radius 3 is 1.85 bits per heavy atom. The van der Waals surface area contributed by atoms with Gasteiger partial charge in [-0.15, -0.1) is 0 Å². The second kappa shape index (κ2) is 7.61. The zero-order valence-corrected chi connectivity index (χ0v) is 18.6. The standard InChI is InChI=1S/C23H17N3O5S2/c27-23-18-13-7-12-17-21(18)19(24-23)14-20(32(28,29)25-15-8-3-1-4-9-15)22(17)33(30,31)26-16-10-5-2-6-11-16/h1-14,25-26H,(H,24,27). The molecule has 1 aliphatic rings. The maximum atomic E-state index is 13.6. The second-order valence-electron chi connectivity index (χ2n) is 7.38. The van der Waals surface area contributed by atoms with E-state index >= 15 is 0 Å². The molecule has 4 aromatic carbocycles. The monoisotopic (exact) mass is 479 g/mol. The molecule has 0 spiro atoms. The summed E-state index contributed by atoms with van der Waals surface area (Å²) < 4.78 is 58.8. The van der Waals surface area contributed by atoms with Crippen molar-refractivity contribution in [2.24, 2.45) is 0 Å². The van der Waals surface area contributed by atoms with Crippen LogP contribution < -0.4 is 14.8 Å². The van der Waals surface area contributed by atoms with Gasteiger partial charge in [-0.25, -0.2) is 16.8 Å². The Morgan fingerprint density at radius 1 is 0.667 bits per heavy atom. The van der Waals surface area contributed by atoms with Gasteiger partial charge in [0.1, 0.15) is 9.79 Å². The Labute approximate surface area is 190 Å². The van der Waals surface area contributed by atoms with Gasteiger partial charge in [-0.2, -0.15) is 0 Å². The number of anilines is 3. The maximum absolute atomic E-state index is 13.6. The molecule has 0 aliphatic carbocycles. The van der Waals surface area contributed by atoms with E-state index in [4.69, 9.17) is 0 Å². The Morgan fingerprint density at radius 2 is 1.24 bits per heavy atom. The first-order valence-electron chi connectivity index (χ1n) is 9.83. The summed E-state index contributed by atoms with van der Waals surface area (Å²) >= 11 is 0. The van der Waals surface area contributed by atoms with E-state index in [0.717, 1.165) is 0 Å². The summed E-state index contributed by atoms with van der Waals surface area (Å²) in [6.07, 6.45) is 0. The van der Waals surface area contributed by atoms with Gasteiger partial charge in [0, 0.05) is 27.7 Å². The SMILES string of the molecule is O=C1Nc2cc(S(=O)(=O)Nc3ccccc3)c(S(=O)(=O)Nc3ccccc3)c3cccc1c23. The molecule has 0 saturated carbocycles. The minimum atomic E-state index is -4.38. The molecule has 0 bridgehead atoms. The first-order valence-corrected chi connectivity index (χ1v) is 12.8. The largest absolute Gasteiger partial charge is 0.321 e. The van der Waals surface area contributed by atoms with E-state index in [9.17, 15) is 21.6 Å². The summed E-state index contributed by atoms with van der Waals surface area (Å²) in [5.74, 6) is -0.430. The van der Waals surface area contributed by atoms with Crippen LogP contribution in [0.3, 0.4) is 0 Å². The molecule has 1 heterocycles. The summed E-state index contributed by atoms with van der Waals surface area (Å²) in [6, 6.07) is 22.0. The number of carbonyl (C=O) groups is 1. The van der Waals surface area contributed by atoms with E-state index < -0.39 is 35.7 Å². The zero-order valence-electron chi connectivity index (χ0n) is 16.9. The van der Waals surface area contributed by atoms with Crippen molar-refractivity contribution >= 4 is 53.8 Å². The summed E-state index contributed by atoms with van der Waals surface area (Å²) in [5, 5.41) is 3.11. The third-order valence-corrected chi connectivity index (χ3v) is 8.20. The third-order valence-electron chi connectivity index (χ3n) is 5.18. The summed E-state index contributed by atoms with van der Waals surface area (Å²) in [4.78, 5) is 11.5. The molecule has 5 rings (SSSR count). The lowest BCUT2D eigenvalue weighted by Crippen LogP contribution is -2.21. The van der Waals surface area contributed by atoms with Crippen LogP contribution in [-0.4, -0.2) is 22.7 Å². The molecule has 1 amide bonds. The molecule has 3 N–H and O–H groups in total.